The van der Waals surface area contributed by atoms with Crippen LogP contribution in [0, 0.1) is 5.92 Å². The summed E-state index contributed by atoms with van der Waals surface area (Å²) in [5, 5.41) is 8.74. The molecule has 1 saturated heterocycles. The molecule has 9 heteroatoms. The zero-order chi connectivity index (χ0) is 15.0. The molecule has 3 rings (SSSR count). The normalized spacial score (nSPS) is 17.9. The van der Waals surface area contributed by atoms with E-state index in [0.717, 1.165) is 42.9 Å². The van der Waals surface area contributed by atoms with E-state index in [-0.39, 0.29) is 24.8 Å². The van der Waals surface area contributed by atoms with Crippen LogP contribution < -0.4 is 16.0 Å². The highest BCUT2D eigenvalue weighted by molar-refractivity contribution is 5.88. The van der Waals surface area contributed by atoms with Gasteiger partial charge in [-0.15, -0.1) is 24.8 Å². The van der Waals surface area contributed by atoms with E-state index in [2.05, 4.69) is 39.1 Å². The number of aryl methyl sites for hydroxylation is 1. The molecule has 0 aliphatic carbocycles. The molecule has 7 nitrogen and oxygen atoms in total. The van der Waals surface area contributed by atoms with Gasteiger partial charge in [-0.3, -0.25) is 4.68 Å². The summed E-state index contributed by atoms with van der Waals surface area (Å²) in [5.74, 6) is 1.86. The highest BCUT2D eigenvalue weighted by atomic mass is 35.5. The molecule has 1 aliphatic heterocycles. The van der Waals surface area contributed by atoms with Gasteiger partial charge in [-0.05, 0) is 12.3 Å². The van der Waals surface area contributed by atoms with Gasteiger partial charge < -0.3 is 16.0 Å². The van der Waals surface area contributed by atoms with Crippen molar-refractivity contribution in [2.24, 2.45) is 13.0 Å². The van der Waals surface area contributed by atoms with E-state index < -0.39 is 0 Å². The van der Waals surface area contributed by atoms with Crippen LogP contribution in [0.5, 0.6) is 0 Å². The molecule has 0 amide bonds. The van der Waals surface area contributed by atoms with Crippen molar-refractivity contribution in [2.75, 3.05) is 30.3 Å². The van der Waals surface area contributed by atoms with E-state index in [4.69, 9.17) is 5.73 Å². The molecule has 1 aliphatic rings. The van der Waals surface area contributed by atoms with Crippen molar-refractivity contribution in [3.05, 3.63) is 6.20 Å². The van der Waals surface area contributed by atoms with Gasteiger partial charge in [0.25, 0.3) is 0 Å². The highest BCUT2D eigenvalue weighted by Gasteiger charge is 2.26. The molecule has 130 valence electrons. The fourth-order valence-electron chi connectivity index (χ4n) is 3.04. The molecule has 1 atom stereocenters. The summed E-state index contributed by atoms with van der Waals surface area (Å²) in [6.45, 7) is 7.36. The third-order valence-electron chi connectivity index (χ3n) is 3.96. The van der Waals surface area contributed by atoms with Crippen molar-refractivity contribution in [1.29, 1.82) is 0 Å². The minimum atomic E-state index is 0. The Morgan fingerprint density at radius 3 is 2.78 bits per heavy atom. The van der Waals surface area contributed by atoms with Gasteiger partial charge in [-0.2, -0.15) is 15.1 Å². The molecule has 2 aromatic heterocycles. The van der Waals surface area contributed by atoms with Crippen LogP contribution in [0.4, 0.5) is 11.8 Å². The van der Waals surface area contributed by atoms with E-state index in [9.17, 15) is 0 Å². The molecule has 0 bridgehead atoms. The largest absolute Gasteiger partial charge is 0.368 e. The molecule has 0 saturated carbocycles. The summed E-state index contributed by atoms with van der Waals surface area (Å²) in [6.07, 6.45) is 2.96. The second-order valence-corrected chi connectivity index (χ2v) is 6.09. The Balaban J connectivity index is 0.00000132. The first-order valence-electron chi connectivity index (χ1n) is 7.49. The first-order chi connectivity index (χ1) is 10.1. The first-order valence-corrected chi connectivity index (χ1v) is 7.49. The Morgan fingerprint density at radius 1 is 1.35 bits per heavy atom. The molecule has 3 heterocycles. The zero-order valence-corrected chi connectivity index (χ0v) is 15.3. The Morgan fingerprint density at radius 2 is 2.09 bits per heavy atom. The van der Waals surface area contributed by atoms with Crippen LogP contribution in [0.25, 0.3) is 11.0 Å². The van der Waals surface area contributed by atoms with Gasteiger partial charge in [0, 0.05) is 32.7 Å². The molecule has 0 unspecified atom stereocenters. The van der Waals surface area contributed by atoms with Gasteiger partial charge in [-0.25, -0.2) is 0 Å². The number of hydrogen-bond donors (Lipinski definition) is 2. The smallest absolute Gasteiger partial charge is 0.224 e. The lowest BCUT2D eigenvalue weighted by Gasteiger charge is -2.38. The highest BCUT2D eigenvalue weighted by Crippen LogP contribution is 2.28. The third-order valence-corrected chi connectivity index (χ3v) is 3.96. The summed E-state index contributed by atoms with van der Waals surface area (Å²) < 4.78 is 1.75. The number of anilines is 2. The Bertz CT molecular complexity index is 643. The topological polar surface area (TPSA) is 84.9 Å². The Kier molecular flexibility index (Phi) is 6.85. The van der Waals surface area contributed by atoms with Crippen molar-refractivity contribution in [3.8, 4) is 0 Å². The van der Waals surface area contributed by atoms with Gasteiger partial charge >= 0.3 is 0 Å². The van der Waals surface area contributed by atoms with Crippen molar-refractivity contribution in [3.63, 3.8) is 0 Å². The molecular weight excluding hydrogens is 337 g/mol. The van der Waals surface area contributed by atoms with Gasteiger partial charge in [0.2, 0.25) is 5.95 Å². The minimum absolute atomic E-state index is 0. The van der Waals surface area contributed by atoms with Crippen LogP contribution in [0.1, 0.15) is 20.3 Å². The minimum Gasteiger partial charge on any atom is -0.368 e. The van der Waals surface area contributed by atoms with E-state index in [0.29, 0.717) is 17.9 Å². The first kappa shape index (κ1) is 19.7. The third kappa shape index (κ3) is 3.97. The van der Waals surface area contributed by atoms with E-state index in [1.165, 1.54) is 0 Å². The molecule has 2 aromatic rings. The predicted octanol–water partition coefficient (Wildman–Crippen LogP) is 1.61. The molecule has 23 heavy (non-hydrogen) atoms. The van der Waals surface area contributed by atoms with E-state index in [1.807, 2.05) is 13.2 Å². The number of nitrogens with two attached hydrogens (primary N) is 1. The van der Waals surface area contributed by atoms with Crippen molar-refractivity contribution >= 4 is 47.6 Å². The van der Waals surface area contributed by atoms with Gasteiger partial charge in [0.05, 0.1) is 11.6 Å². The number of fused-ring (bicyclic) bond motifs is 1. The van der Waals surface area contributed by atoms with Crippen LogP contribution in [0.2, 0.25) is 0 Å². The average Bonchev–Trinajstić information content (AvgIpc) is 2.80. The summed E-state index contributed by atoms with van der Waals surface area (Å²) in [4.78, 5) is 11.2. The summed E-state index contributed by atoms with van der Waals surface area (Å²) >= 11 is 0. The molecular formula is C14H25Cl2N7. The lowest BCUT2D eigenvalue weighted by Crippen LogP contribution is -2.52. The van der Waals surface area contributed by atoms with E-state index >= 15 is 0 Å². The van der Waals surface area contributed by atoms with Crippen molar-refractivity contribution < 1.29 is 0 Å². The Labute approximate surface area is 148 Å². The van der Waals surface area contributed by atoms with Crippen molar-refractivity contribution in [1.82, 2.24) is 25.1 Å². The maximum atomic E-state index is 5.90. The van der Waals surface area contributed by atoms with Crippen LogP contribution in [-0.2, 0) is 7.05 Å². The zero-order valence-electron chi connectivity index (χ0n) is 13.7. The second-order valence-electron chi connectivity index (χ2n) is 6.09. The number of aromatic nitrogens is 4. The number of nitrogen functional groups attached to an aromatic ring is 1. The Hall–Kier alpha value is -1.31. The van der Waals surface area contributed by atoms with Crippen molar-refractivity contribution in [2.45, 2.75) is 26.3 Å². The predicted molar refractivity (Wildman–Crippen MR) is 98.7 cm³/mol. The van der Waals surface area contributed by atoms with Crippen LogP contribution in [-0.4, -0.2) is 45.4 Å². The number of nitrogens with zero attached hydrogens (tertiary/aromatic N) is 5. The molecule has 0 spiro atoms. The van der Waals surface area contributed by atoms with Crippen LogP contribution in [0.15, 0.2) is 6.20 Å². The molecule has 0 radical (unpaired) electrons. The number of rotatable bonds is 3. The molecule has 0 aromatic carbocycles. The van der Waals surface area contributed by atoms with Gasteiger partial charge in [-0.1, -0.05) is 13.8 Å². The fraction of sp³-hybridized carbons (Fsp3) is 0.643. The maximum absolute atomic E-state index is 5.90. The summed E-state index contributed by atoms with van der Waals surface area (Å²) in [6, 6.07) is 0.427. The maximum Gasteiger partial charge on any atom is 0.224 e. The molecule has 1 fully saturated rings. The second kappa shape index (κ2) is 7.99. The van der Waals surface area contributed by atoms with Gasteiger partial charge in [0.15, 0.2) is 5.65 Å². The number of piperazine rings is 1. The lowest BCUT2D eigenvalue weighted by atomic mass is 10.0. The standard InChI is InChI=1S/C14H23N7.2ClH/c1-9(2)6-10-7-16-4-5-21(10)13-11-8-17-20(3)12(11)18-14(15)19-13;;/h8-10,16H,4-7H2,1-3H3,(H2,15,18,19);2*1H/t10-;;/m0../s1. The summed E-state index contributed by atoms with van der Waals surface area (Å²) in [7, 11) is 1.88. The van der Waals surface area contributed by atoms with E-state index in [1.54, 1.807) is 4.68 Å². The molecule has 3 N–H and O–H groups in total. The number of nitrogens with one attached hydrogen (secondary N) is 1. The average molecular weight is 362 g/mol. The fourth-order valence-corrected chi connectivity index (χ4v) is 3.04. The lowest BCUT2D eigenvalue weighted by molar-refractivity contribution is 0.406. The summed E-state index contributed by atoms with van der Waals surface area (Å²) in [5.41, 5.74) is 6.69. The monoisotopic (exact) mass is 361 g/mol. The van der Waals surface area contributed by atoms with Gasteiger partial charge in [0.1, 0.15) is 5.82 Å². The number of halogens is 2. The van der Waals surface area contributed by atoms with Crippen LogP contribution >= 0.6 is 24.8 Å². The quantitative estimate of drug-likeness (QED) is 0.863. The van der Waals surface area contributed by atoms with Crippen LogP contribution in [0.3, 0.4) is 0 Å². The SMILES string of the molecule is CC(C)C[C@H]1CNCCN1c1nc(N)nc2c1cnn2C.Cl.Cl. The number of hydrogen-bond acceptors (Lipinski definition) is 6.